The van der Waals surface area contributed by atoms with Crippen molar-refractivity contribution in [2.45, 2.75) is 19.6 Å². The minimum absolute atomic E-state index is 0.109. The second kappa shape index (κ2) is 12.2. The van der Waals surface area contributed by atoms with Gasteiger partial charge in [-0.2, -0.15) is 0 Å². The van der Waals surface area contributed by atoms with Crippen LogP contribution in [0.15, 0.2) is 53.5 Å². The van der Waals surface area contributed by atoms with Crippen molar-refractivity contribution >= 4 is 11.9 Å². The topological polar surface area (TPSA) is 93.2 Å². The zero-order valence-corrected chi connectivity index (χ0v) is 17.9. The van der Waals surface area contributed by atoms with Crippen LogP contribution in [0.1, 0.15) is 12.5 Å². The average Bonchev–Trinajstić information content (AvgIpc) is 2.78. The van der Waals surface area contributed by atoms with Crippen LogP contribution in [-0.2, 0) is 11.3 Å². The predicted molar refractivity (Wildman–Crippen MR) is 117 cm³/mol. The summed E-state index contributed by atoms with van der Waals surface area (Å²) in [6, 6.07) is 15.0. The highest BCUT2D eigenvalue weighted by Gasteiger charge is 2.10. The van der Waals surface area contributed by atoms with Crippen molar-refractivity contribution in [1.29, 1.82) is 0 Å². The van der Waals surface area contributed by atoms with Crippen LogP contribution >= 0.6 is 0 Å². The van der Waals surface area contributed by atoms with Crippen LogP contribution in [-0.4, -0.2) is 52.3 Å². The Labute approximate surface area is 177 Å². The molecule has 30 heavy (non-hydrogen) atoms. The molecule has 0 spiro atoms. The highest BCUT2D eigenvalue weighted by molar-refractivity contribution is 5.86. The Morgan fingerprint density at radius 2 is 1.67 bits per heavy atom. The third-order valence-corrected chi connectivity index (χ3v) is 4.24. The fourth-order valence-corrected chi connectivity index (χ4v) is 2.61. The van der Waals surface area contributed by atoms with Gasteiger partial charge in [0.1, 0.15) is 11.9 Å². The monoisotopic (exact) mass is 414 g/mol. The quantitative estimate of drug-likeness (QED) is 0.407. The van der Waals surface area contributed by atoms with E-state index in [1.807, 2.05) is 55.5 Å². The van der Waals surface area contributed by atoms with Gasteiger partial charge in [0.15, 0.2) is 17.5 Å². The lowest BCUT2D eigenvalue weighted by Gasteiger charge is -2.19. The number of carbonyl (C=O) groups is 1. The lowest BCUT2D eigenvalue weighted by atomic mass is 10.2. The van der Waals surface area contributed by atoms with Gasteiger partial charge in [-0.05, 0) is 36.8 Å². The maximum absolute atomic E-state index is 12.1. The van der Waals surface area contributed by atoms with Crippen molar-refractivity contribution in [3.63, 3.8) is 0 Å². The van der Waals surface area contributed by atoms with Gasteiger partial charge >= 0.3 is 0 Å². The van der Waals surface area contributed by atoms with E-state index in [0.29, 0.717) is 30.5 Å². The highest BCUT2D eigenvalue weighted by Crippen LogP contribution is 2.26. The number of hydrogen-bond donors (Lipinski definition) is 3. The largest absolute Gasteiger partial charge is 0.497 e. The molecular weight excluding hydrogens is 384 g/mol. The molecule has 0 aliphatic carbocycles. The molecule has 0 aliphatic rings. The molecule has 0 heterocycles. The van der Waals surface area contributed by atoms with Crippen LogP contribution in [0, 0.1) is 0 Å². The van der Waals surface area contributed by atoms with Crippen LogP contribution in [0.25, 0.3) is 0 Å². The Bertz CT molecular complexity index is 824. The number of nitrogens with one attached hydrogen (secondary N) is 3. The number of rotatable bonds is 10. The maximum atomic E-state index is 12.1. The number of carbonyl (C=O) groups excluding carboxylic acids is 1. The molecule has 0 saturated heterocycles. The van der Waals surface area contributed by atoms with E-state index in [4.69, 9.17) is 14.2 Å². The predicted octanol–water partition coefficient (Wildman–Crippen LogP) is 1.95. The van der Waals surface area contributed by atoms with E-state index < -0.39 is 0 Å². The van der Waals surface area contributed by atoms with Gasteiger partial charge in [0.2, 0.25) is 5.91 Å². The fourth-order valence-electron chi connectivity index (χ4n) is 2.61. The van der Waals surface area contributed by atoms with Crippen molar-refractivity contribution in [3.05, 3.63) is 54.1 Å². The molecule has 2 rings (SSSR count). The van der Waals surface area contributed by atoms with E-state index >= 15 is 0 Å². The van der Waals surface area contributed by atoms with Crippen molar-refractivity contribution in [2.24, 2.45) is 4.99 Å². The molecule has 1 amide bonds. The normalized spacial score (nSPS) is 11.9. The summed E-state index contributed by atoms with van der Waals surface area (Å²) in [4.78, 5) is 16.2. The van der Waals surface area contributed by atoms with Gasteiger partial charge in [-0.3, -0.25) is 9.79 Å². The number of methoxy groups -OCH3 is 2. The minimum Gasteiger partial charge on any atom is -0.497 e. The molecule has 3 N–H and O–H groups in total. The van der Waals surface area contributed by atoms with Gasteiger partial charge in [-0.15, -0.1) is 0 Å². The molecule has 2 aromatic rings. The van der Waals surface area contributed by atoms with Gasteiger partial charge in [-0.25, -0.2) is 0 Å². The number of nitrogens with zero attached hydrogens (tertiary/aromatic N) is 1. The standard InChI is InChI=1S/C22H30N4O4/c1-16(30-20-8-6-5-7-19(20)29-4)13-25-22(23-2)26-15-21(27)24-14-17-9-11-18(28-3)12-10-17/h5-12,16H,13-15H2,1-4H3,(H,24,27)(H2,23,25,26). The Morgan fingerprint density at radius 3 is 2.30 bits per heavy atom. The van der Waals surface area contributed by atoms with Gasteiger partial charge in [-0.1, -0.05) is 24.3 Å². The number of amides is 1. The summed E-state index contributed by atoms with van der Waals surface area (Å²) in [5.74, 6) is 2.53. The summed E-state index contributed by atoms with van der Waals surface area (Å²) in [5, 5.41) is 9.00. The third kappa shape index (κ3) is 7.54. The molecule has 0 aromatic heterocycles. The van der Waals surface area contributed by atoms with Crippen molar-refractivity contribution in [2.75, 3.05) is 34.4 Å². The summed E-state index contributed by atoms with van der Waals surface area (Å²) >= 11 is 0. The van der Waals surface area contributed by atoms with E-state index in [2.05, 4.69) is 20.9 Å². The maximum Gasteiger partial charge on any atom is 0.239 e. The number of benzene rings is 2. The second-order valence-corrected chi connectivity index (χ2v) is 6.51. The molecule has 8 heteroatoms. The van der Waals surface area contributed by atoms with Crippen molar-refractivity contribution in [3.8, 4) is 17.2 Å². The first-order valence-corrected chi connectivity index (χ1v) is 9.69. The summed E-state index contributed by atoms with van der Waals surface area (Å²) < 4.78 is 16.3. The summed E-state index contributed by atoms with van der Waals surface area (Å²) in [6.07, 6.45) is -0.135. The number of guanidine groups is 1. The Kier molecular flexibility index (Phi) is 9.30. The Hall–Kier alpha value is -3.42. The summed E-state index contributed by atoms with van der Waals surface area (Å²) in [5.41, 5.74) is 0.994. The van der Waals surface area contributed by atoms with Crippen LogP contribution in [0.4, 0.5) is 0 Å². The van der Waals surface area contributed by atoms with Crippen molar-refractivity contribution in [1.82, 2.24) is 16.0 Å². The van der Waals surface area contributed by atoms with E-state index in [1.54, 1.807) is 21.3 Å². The van der Waals surface area contributed by atoms with Crippen LogP contribution < -0.4 is 30.2 Å². The van der Waals surface area contributed by atoms with Gasteiger partial charge in [0, 0.05) is 13.6 Å². The highest BCUT2D eigenvalue weighted by atomic mass is 16.5. The minimum atomic E-state index is -0.135. The summed E-state index contributed by atoms with van der Waals surface area (Å²) in [6.45, 7) is 3.00. The molecule has 162 valence electrons. The van der Waals surface area contributed by atoms with Gasteiger partial charge in [0.25, 0.3) is 0 Å². The fraction of sp³-hybridized carbons (Fsp3) is 0.364. The molecule has 0 radical (unpaired) electrons. The number of aliphatic imine (C=N–C) groups is 1. The van der Waals surface area contributed by atoms with Gasteiger partial charge in [0.05, 0.1) is 27.3 Å². The van der Waals surface area contributed by atoms with E-state index in [9.17, 15) is 4.79 Å². The molecule has 0 saturated carbocycles. The zero-order valence-electron chi connectivity index (χ0n) is 17.9. The van der Waals surface area contributed by atoms with Gasteiger partial charge < -0.3 is 30.2 Å². The average molecular weight is 415 g/mol. The Balaban J connectivity index is 1.71. The molecular formula is C22H30N4O4. The Morgan fingerprint density at radius 1 is 0.967 bits per heavy atom. The smallest absolute Gasteiger partial charge is 0.239 e. The van der Waals surface area contributed by atoms with Crippen LogP contribution in [0.2, 0.25) is 0 Å². The van der Waals surface area contributed by atoms with E-state index in [0.717, 1.165) is 11.3 Å². The first kappa shape index (κ1) is 22.9. The third-order valence-electron chi connectivity index (χ3n) is 4.24. The number of para-hydroxylation sites is 2. The molecule has 1 atom stereocenters. The number of hydrogen-bond acceptors (Lipinski definition) is 5. The summed E-state index contributed by atoms with van der Waals surface area (Å²) in [7, 11) is 4.88. The molecule has 0 aliphatic heterocycles. The van der Waals surface area contributed by atoms with Crippen LogP contribution in [0.3, 0.4) is 0 Å². The lowest BCUT2D eigenvalue weighted by molar-refractivity contribution is -0.120. The molecule has 2 aromatic carbocycles. The number of ether oxygens (including phenoxy) is 3. The lowest BCUT2D eigenvalue weighted by Crippen LogP contribution is -2.45. The second-order valence-electron chi connectivity index (χ2n) is 6.51. The van der Waals surface area contributed by atoms with Crippen molar-refractivity contribution < 1.29 is 19.0 Å². The first-order valence-electron chi connectivity index (χ1n) is 9.69. The molecule has 8 nitrogen and oxygen atoms in total. The van der Waals surface area contributed by atoms with E-state index in [-0.39, 0.29) is 18.6 Å². The van der Waals surface area contributed by atoms with Crippen LogP contribution in [0.5, 0.6) is 17.2 Å². The zero-order chi connectivity index (χ0) is 21.8. The molecule has 0 fully saturated rings. The molecule has 0 bridgehead atoms. The SMILES string of the molecule is CN=C(NCC(=O)NCc1ccc(OC)cc1)NCC(C)Oc1ccccc1OC. The van der Waals surface area contributed by atoms with E-state index in [1.165, 1.54) is 0 Å². The first-order chi connectivity index (χ1) is 14.5. The molecule has 1 unspecified atom stereocenters.